The normalized spacial score (nSPS) is 19.4. The fourth-order valence-electron chi connectivity index (χ4n) is 6.36. The number of rotatable bonds is 7. The minimum atomic E-state index is 0. The van der Waals surface area contributed by atoms with Gasteiger partial charge in [0.1, 0.15) is 5.75 Å². The number of halogens is 2. The Balaban J connectivity index is 0.00000168. The molecule has 200 valence electrons. The average Bonchev–Trinajstić information content (AvgIpc) is 3.63. The lowest BCUT2D eigenvalue weighted by atomic mass is 9.82. The average molecular weight is 568 g/mol. The van der Waals surface area contributed by atoms with Crippen LogP contribution in [-0.2, 0) is 6.54 Å². The van der Waals surface area contributed by atoms with Crippen LogP contribution in [0.1, 0.15) is 35.4 Å². The highest BCUT2D eigenvalue weighted by atomic mass is 35.5. The predicted octanol–water partition coefficient (Wildman–Crippen LogP) is 7.75. The molecule has 38 heavy (non-hydrogen) atoms. The van der Waals surface area contributed by atoms with Gasteiger partial charge in [0, 0.05) is 48.1 Å². The Kier molecular flexibility index (Phi) is 9.91. The summed E-state index contributed by atoms with van der Waals surface area (Å²) in [6.07, 6.45) is 2.58. The van der Waals surface area contributed by atoms with E-state index in [1.165, 1.54) is 46.5 Å². The van der Waals surface area contributed by atoms with Crippen LogP contribution in [0.25, 0.3) is 10.4 Å². The third-order valence-electron chi connectivity index (χ3n) is 7.95. The van der Waals surface area contributed by atoms with Crippen molar-refractivity contribution < 1.29 is 4.74 Å². The van der Waals surface area contributed by atoms with Crippen LogP contribution in [0.5, 0.6) is 5.75 Å². The van der Waals surface area contributed by atoms with Crippen molar-refractivity contribution in [3.63, 3.8) is 0 Å². The topological polar surface area (TPSA) is 15.7 Å². The van der Waals surface area contributed by atoms with Gasteiger partial charge in [-0.25, -0.2) is 0 Å². The van der Waals surface area contributed by atoms with Gasteiger partial charge < -0.3 is 4.74 Å². The Hall–Kier alpha value is -2.34. The molecule has 2 atom stereocenters. The van der Waals surface area contributed by atoms with Crippen LogP contribution in [0.4, 0.5) is 0 Å². The standard InChI is InChI=1S/C32H34N2OS.2ClH/c1-35-30-17-16-26(31-15-9-19-36-31)20-27(30)21-33-22-28-14-8-18-34(28)29(23-33)32(24-10-4-2-5-11-24)25-12-6-3-7-13-25;;/h2-7,9-13,15-17,19-20,28-29,32H,8,14,18,21-23H2,1H3;2*1H/t28-,29-;;/m0../s1. The molecule has 0 radical (unpaired) electrons. The molecule has 3 nitrogen and oxygen atoms in total. The van der Waals surface area contributed by atoms with Crippen LogP contribution >= 0.6 is 36.2 Å². The van der Waals surface area contributed by atoms with E-state index in [1.54, 1.807) is 18.4 Å². The molecule has 0 unspecified atom stereocenters. The summed E-state index contributed by atoms with van der Waals surface area (Å²) in [5, 5.41) is 2.15. The lowest BCUT2D eigenvalue weighted by Gasteiger charge is -2.47. The van der Waals surface area contributed by atoms with Crippen LogP contribution < -0.4 is 4.74 Å². The zero-order chi connectivity index (χ0) is 24.3. The minimum absolute atomic E-state index is 0. The number of piperazine rings is 1. The van der Waals surface area contributed by atoms with Gasteiger partial charge in [0.2, 0.25) is 0 Å². The Morgan fingerprint density at radius 3 is 2.21 bits per heavy atom. The van der Waals surface area contributed by atoms with Crippen molar-refractivity contribution in [1.82, 2.24) is 9.80 Å². The maximum atomic E-state index is 5.83. The van der Waals surface area contributed by atoms with Crippen LogP contribution in [0.15, 0.2) is 96.4 Å². The van der Waals surface area contributed by atoms with E-state index in [1.807, 2.05) is 0 Å². The van der Waals surface area contributed by atoms with Gasteiger partial charge in [-0.05, 0) is 65.7 Å². The number of hydrogen-bond donors (Lipinski definition) is 0. The lowest BCUT2D eigenvalue weighted by Crippen LogP contribution is -2.57. The molecule has 0 aliphatic carbocycles. The molecular weight excluding hydrogens is 531 g/mol. The molecule has 3 heterocycles. The Morgan fingerprint density at radius 1 is 0.868 bits per heavy atom. The molecule has 0 N–H and O–H groups in total. The molecule has 6 heteroatoms. The van der Waals surface area contributed by atoms with Crippen LogP contribution in [0.3, 0.4) is 0 Å². The van der Waals surface area contributed by atoms with Crippen molar-refractivity contribution >= 4 is 36.2 Å². The van der Waals surface area contributed by atoms with Crippen molar-refractivity contribution in [2.75, 3.05) is 26.7 Å². The Bertz CT molecular complexity index is 1230. The molecule has 0 bridgehead atoms. The summed E-state index contributed by atoms with van der Waals surface area (Å²) in [5.41, 5.74) is 5.39. The van der Waals surface area contributed by atoms with Crippen LogP contribution in [-0.4, -0.2) is 48.6 Å². The van der Waals surface area contributed by atoms with E-state index < -0.39 is 0 Å². The highest BCUT2D eigenvalue weighted by Gasteiger charge is 2.41. The van der Waals surface area contributed by atoms with Gasteiger partial charge in [0.25, 0.3) is 0 Å². The molecule has 2 saturated heterocycles. The van der Waals surface area contributed by atoms with Gasteiger partial charge >= 0.3 is 0 Å². The first-order valence-electron chi connectivity index (χ1n) is 13.1. The zero-order valence-corrected chi connectivity index (χ0v) is 24.2. The maximum Gasteiger partial charge on any atom is 0.123 e. The van der Waals surface area contributed by atoms with E-state index in [4.69, 9.17) is 4.74 Å². The molecule has 2 aliphatic rings. The van der Waals surface area contributed by atoms with E-state index in [0.29, 0.717) is 18.0 Å². The van der Waals surface area contributed by atoms with E-state index >= 15 is 0 Å². The molecule has 4 aromatic rings. The Morgan fingerprint density at radius 2 is 1.58 bits per heavy atom. The number of hydrogen-bond acceptors (Lipinski definition) is 4. The maximum absolute atomic E-state index is 5.83. The highest BCUT2D eigenvalue weighted by molar-refractivity contribution is 7.13. The second-order valence-corrected chi connectivity index (χ2v) is 11.0. The van der Waals surface area contributed by atoms with Crippen LogP contribution in [0, 0.1) is 0 Å². The number of thiophene rings is 1. The first kappa shape index (κ1) is 28.7. The predicted molar refractivity (Wildman–Crippen MR) is 164 cm³/mol. The summed E-state index contributed by atoms with van der Waals surface area (Å²) in [6.45, 7) is 4.30. The zero-order valence-electron chi connectivity index (χ0n) is 21.7. The van der Waals surface area contributed by atoms with Gasteiger partial charge in [-0.2, -0.15) is 0 Å². The first-order valence-corrected chi connectivity index (χ1v) is 14.0. The molecule has 0 amide bonds. The van der Waals surface area contributed by atoms with Gasteiger partial charge in [-0.15, -0.1) is 36.2 Å². The summed E-state index contributed by atoms with van der Waals surface area (Å²) < 4.78 is 5.83. The largest absolute Gasteiger partial charge is 0.496 e. The Labute approximate surface area is 243 Å². The van der Waals surface area contributed by atoms with Gasteiger partial charge in [0.15, 0.2) is 0 Å². The highest BCUT2D eigenvalue weighted by Crippen LogP contribution is 2.38. The number of nitrogens with zero attached hydrogens (tertiary/aromatic N) is 2. The van der Waals surface area contributed by atoms with E-state index in [9.17, 15) is 0 Å². The molecule has 6 rings (SSSR count). The molecular formula is C32H36Cl2N2OS. The number of fused-ring (bicyclic) bond motifs is 1. The number of ether oxygens (including phenoxy) is 1. The molecule has 2 fully saturated rings. The quantitative estimate of drug-likeness (QED) is 0.227. The van der Waals surface area contributed by atoms with Crippen molar-refractivity contribution in [2.45, 2.75) is 37.4 Å². The van der Waals surface area contributed by atoms with Gasteiger partial charge in [-0.1, -0.05) is 66.7 Å². The third-order valence-corrected chi connectivity index (χ3v) is 8.86. The van der Waals surface area contributed by atoms with Crippen molar-refractivity contribution in [1.29, 1.82) is 0 Å². The second kappa shape index (κ2) is 13.1. The molecule has 0 saturated carbocycles. The molecule has 1 aromatic heterocycles. The SMILES string of the molecule is COc1ccc(-c2cccs2)cc1CN1C[C@@H]2CCCN2[C@H](C(c2ccccc2)c2ccccc2)C1.Cl.Cl. The van der Waals surface area contributed by atoms with Crippen molar-refractivity contribution in [3.8, 4) is 16.2 Å². The molecule has 3 aromatic carbocycles. The van der Waals surface area contributed by atoms with E-state index in [0.717, 1.165) is 25.4 Å². The number of methoxy groups -OCH3 is 1. The van der Waals surface area contributed by atoms with E-state index in [2.05, 4.69) is 106 Å². The fourth-order valence-corrected chi connectivity index (χ4v) is 7.08. The van der Waals surface area contributed by atoms with E-state index in [-0.39, 0.29) is 24.8 Å². The summed E-state index contributed by atoms with van der Waals surface area (Å²) in [5.74, 6) is 1.35. The fraction of sp³-hybridized carbons (Fsp3) is 0.312. The second-order valence-electron chi connectivity index (χ2n) is 10.1. The molecule has 2 aliphatic heterocycles. The number of benzene rings is 3. The minimum Gasteiger partial charge on any atom is -0.496 e. The lowest BCUT2D eigenvalue weighted by molar-refractivity contribution is 0.0380. The summed E-state index contributed by atoms with van der Waals surface area (Å²) in [4.78, 5) is 6.82. The summed E-state index contributed by atoms with van der Waals surface area (Å²) in [7, 11) is 1.79. The smallest absolute Gasteiger partial charge is 0.123 e. The van der Waals surface area contributed by atoms with Gasteiger partial charge in [-0.3, -0.25) is 9.80 Å². The molecule has 0 spiro atoms. The van der Waals surface area contributed by atoms with Crippen molar-refractivity contribution in [2.24, 2.45) is 0 Å². The monoisotopic (exact) mass is 566 g/mol. The van der Waals surface area contributed by atoms with Crippen molar-refractivity contribution in [3.05, 3.63) is 113 Å². The summed E-state index contributed by atoms with van der Waals surface area (Å²) in [6, 6.07) is 34.3. The van der Waals surface area contributed by atoms with Gasteiger partial charge in [0.05, 0.1) is 7.11 Å². The van der Waals surface area contributed by atoms with Crippen LogP contribution in [0.2, 0.25) is 0 Å². The summed E-state index contributed by atoms with van der Waals surface area (Å²) >= 11 is 1.80. The third kappa shape index (κ3) is 5.95. The first-order chi connectivity index (χ1) is 17.8.